The number of rotatable bonds is 2. The van der Waals surface area contributed by atoms with Crippen LogP contribution in [0.1, 0.15) is 22.5 Å². The summed E-state index contributed by atoms with van der Waals surface area (Å²) in [7, 11) is 0. The first-order chi connectivity index (χ1) is 10.2. The van der Waals surface area contributed by atoms with Gasteiger partial charge < -0.3 is 4.98 Å². The number of allylic oxidation sites excluding steroid dienone is 1. The molecule has 0 atom stereocenters. The third-order valence-corrected chi connectivity index (χ3v) is 3.58. The number of aryl methyl sites for hydroxylation is 2. The van der Waals surface area contributed by atoms with Crippen molar-refractivity contribution in [3.63, 3.8) is 0 Å². The first-order valence-electron chi connectivity index (χ1n) is 6.81. The molecule has 1 heterocycles. The maximum atomic E-state index is 9.40. The van der Waals surface area contributed by atoms with E-state index in [-0.39, 0.29) is 0 Å². The van der Waals surface area contributed by atoms with E-state index >= 15 is 0 Å². The van der Waals surface area contributed by atoms with Crippen molar-refractivity contribution in [3.05, 3.63) is 65.0 Å². The summed E-state index contributed by atoms with van der Waals surface area (Å²) in [6.45, 7) is 4.13. The molecular weight excluding hydrogens is 258 g/mol. The molecule has 0 fully saturated rings. The summed E-state index contributed by atoms with van der Waals surface area (Å²) in [4.78, 5) is 7.77. The summed E-state index contributed by atoms with van der Waals surface area (Å²) < 4.78 is 0. The molecule has 0 aliphatic carbocycles. The molecule has 0 amide bonds. The third kappa shape index (κ3) is 2.56. The van der Waals surface area contributed by atoms with Gasteiger partial charge in [0.05, 0.1) is 16.6 Å². The van der Waals surface area contributed by atoms with Gasteiger partial charge in [-0.05, 0) is 48.7 Å². The highest BCUT2D eigenvalue weighted by atomic mass is 14.9. The van der Waals surface area contributed by atoms with E-state index in [1.807, 2.05) is 42.5 Å². The number of hydrogen-bond donors (Lipinski definition) is 1. The Kier molecular flexibility index (Phi) is 3.29. The van der Waals surface area contributed by atoms with Crippen LogP contribution in [0.15, 0.2) is 42.5 Å². The van der Waals surface area contributed by atoms with Crippen molar-refractivity contribution < 1.29 is 0 Å². The van der Waals surface area contributed by atoms with Gasteiger partial charge in [0.1, 0.15) is 11.9 Å². The summed E-state index contributed by atoms with van der Waals surface area (Å²) in [6.07, 6.45) is 1.84. The fourth-order valence-corrected chi connectivity index (χ4v) is 2.27. The van der Waals surface area contributed by atoms with Crippen LogP contribution in [0.3, 0.4) is 0 Å². The zero-order valence-electron chi connectivity index (χ0n) is 12.0. The van der Waals surface area contributed by atoms with Crippen LogP contribution in [0.25, 0.3) is 22.7 Å². The van der Waals surface area contributed by atoms with E-state index in [2.05, 4.69) is 36.0 Å². The summed E-state index contributed by atoms with van der Waals surface area (Å²) in [5.74, 6) is 0.612. The molecule has 1 aromatic heterocycles. The Morgan fingerprint density at radius 1 is 1.14 bits per heavy atom. The summed E-state index contributed by atoms with van der Waals surface area (Å²) >= 11 is 0. The lowest BCUT2D eigenvalue weighted by Crippen LogP contribution is -1.84. The SMILES string of the molecule is Cc1cc2nc(/C(C#N)=C/c3ccccc3)[nH]c2cc1C. The predicted molar refractivity (Wildman–Crippen MR) is 85.5 cm³/mol. The van der Waals surface area contributed by atoms with E-state index in [9.17, 15) is 5.26 Å². The average molecular weight is 273 g/mol. The summed E-state index contributed by atoms with van der Waals surface area (Å²) in [5.41, 5.74) is 5.79. The number of imidazole rings is 1. The van der Waals surface area contributed by atoms with E-state index in [1.54, 1.807) is 0 Å². The van der Waals surface area contributed by atoms with Crippen LogP contribution in [-0.4, -0.2) is 9.97 Å². The van der Waals surface area contributed by atoms with Gasteiger partial charge in [-0.25, -0.2) is 4.98 Å². The van der Waals surface area contributed by atoms with Crippen molar-refractivity contribution in [1.29, 1.82) is 5.26 Å². The molecule has 2 aromatic carbocycles. The van der Waals surface area contributed by atoms with Gasteiger partial charge in [0.15, 0.2) is 0 Å². The lowest BCUT2D eigenvalue weighted by atomic mass is 10.1. The second-order valence-electron chi connectivity index (χ2n) is 5.12. The molecule has 0 bridgehead atoms. The molecular formula is C18H15N3. The molecule has 0 radical (unpaired) electrons. The van der Waals surface area contributed by atoms with E-state index in [0.717, 1.165) is 16.6 Å². The van der Waals surface area contributed by atoms with Crippen molar-refractivity contribution >= 4 is 22.7 Å². The van der Waals surface area contributed by atoms with Crippen molar-refractivity contribution in [3.8, 4) is 6.07 Å². The first kappa shape index (κ1) is 13.1. The second kappa shape index (κ2) is 5.26. The summed E-state index contributed by atoms with van der Waals surface area (Å²) in [5, 5.41) is 9.40. The molecule has 21 heavy (non-hydrogen) atoms. The monoisotopic (exact) mass is 273 g/mol. The number of fused-ring (bicyclic) bond motifs is 1. The Balaban J connectivity index is 2.10. The van der Waals surface area contributed by atoms with Crippen molar-refractivity contribution in [1.82, 2.24) is 9.97 Å². The zero-order valence-corrected chi connectivity index (χ0v) is 12.0. The quantitative estimate of drug-likeness (QED) is 0.710. The van der Waals surface area contributed by atoms with Crippen molar-refractivity contribution in [2.75, 3.05) is 0 Å². The molecule has 0 unspecified atom stereocenters. The number of H-pyrrole nitrogens is 1. The van der Waals surface area contributed by atoms with Crippen molar-refractivity contribution in [2.24, 2.45) is 0 Å². The molecule has 0 spiro atoms. The number of nitriles is 1. The van der Waals surface area contributed by atoms with Crippen LogP contribution < -0.4 is 0 Å². The minimum absolute atomic E-state index is 0.535. The molecule has 3 nitrogen and oxygen atoms in total. The number of benzene rings is 2. The highest BCUT2D eigenvalue weighted by Gasteiger charge is 2.09. The van der Waals surface area contributed by atoms with Gasteiger partial charge in [-0.15, -0.1) is 0 Å². The van der Waals surface area contributed by atoms with Gasteiger partial charge in [-0.1, -0.05) is 30.3 Å². The Morgan fingerprint density at radius 3 is 2.57 bits per heavy atom. The molecule has 102 valence electrons. The molecule has 3 aromatic rings. The maximum absolute atomic E-state index is 9.40. The minimum Gasteiger partial charge on any atom is -0.337 e. The van der Waals surface area contributed by atoms with Crippen LogP contribution in [-0.2, 0) is 0 Å². The smallest absolute Gasteiger partial charge is 0.149 e. The lowest BCUT2D eigenvalue weighted by Gasteiger charge is -1.97. The minimum atomic E-state index is 0.535. The molecule has 1 N–H and O–H groups in total. The first-order valence-corrected chi connectivity index (χ1v) is 6.81. The van der Waals surface area contributed by atoms with Crippen LogP contribution in [0.5, 0.6) is 0 Å². The fourth-order valence-electron chi connectivity index (χ4n) is 2.27. The molecule has 0 saturated carbocycles. The third-order valence-electron chi connectivity index (χ3n) is 3.58. The maximum Gasteiger partial charge on any atom is 0.149 e. The number of hydrogen-bond acceptors (Lipinski definition) is 2. The molecule has 0 aliphatic rings. The van der Waals surface area contributed by atoms with Crippen molar-refractivity contribution in [2.45, 2.75) is 13.8 Å². The highest BCUT2D eigenvalue weighted by molar-refractivity contribution is 5.90. The van der Waals surface area contributed by atoms with E-state index < -0.39 is 0 Å². The molecule has 0 saturated heterocycles. The Morgan fingerprint density at radius 2 is 1.86 bits per heavy atom. The Bertz CT molecular complexity index is 826. The van der Waals surface area contributed by atoms with Crippen LogP contribution >= 0.6 is 0 Å². The molecule has 3 heteroatoms. The number of aromatic nitrogens is 2. The van der Waals surface area contributed by atoms with E-state index in [4.69, 9.17) is 0 Å². The van der Waals surface area contributed by atoms with E-state index in [1.165, 1.54) is 11.1 Å². The normalized spacial score (nSPS) is 11.6. The van der Waals surface area contributed by atoms with Gasteiger partial charge in [0, 0.05) is 0 Å². The van der Waals surface area contributed by atoms with E-state index in [0.29, 0.717) is 11.4 Å². The Hall–Kier alpha value is -2.86. The van der Waals surface area contributed by atoms with Crippen LogP contribution in [0.4, 0.5) is 0 Å². The van der Waals surface area contributed by atoms with Gasteiger partial charge in [-0.3, -0.25) is 0 Å². The van der Waals surface area contributed by atoms with Gasteiger partial charge in [-0.2, -0.15) is 5.26 Å². The second-order valence-corrected chi connectivity index (χ2v) is 5.12. The molecule has 3 rings (SSSR count). The summed E-state index contributed by atoms with van der Waals surface area (Å²) in [6, 6.07) is 16.1. The number of aromatic amines is 1. The Labute approximate surface area is 123 Å². The average Bonchev–Trinajstić information content (AvgIpc) is 2.89. The fraction of sp³-hybridized carbons (Fsp3) is 0.111. The topological polar surface area (TPSA) is 52.5 Å². The highest BCUT2D eigenvalue weighted by Crippen LogP contribution is 2.21. The lowest BCUT2D eigenvalue weighted by molar-refractivity contribution is 1.27. The molecule has 0 aliphatic heterocycles. The van der Waals surface area contributed by atoms with Crippen LogP contribution in [0.2, 0.25) is 0 Å². The largest absolute Gasteiger partial charge is 0.337 e. The van der Waals surface area contributed by atoms with Gasteiger partial charge in [0.2, 0.25) is 0 Å². The van der Waals surface area contributed by atoms with Gasteiger partial charge in [0.25, 0.3) is 0 Å². The predicted octanol–water partition coefficient (Wildman–Crippen LogP) is 4.24. The number of nitrogens with zero attached hydrogens (tertiary/aromatic N) is 2. The number of nitrogens with one attached hydrogen (secondary N) is 1. The zero-order chi connectivity index (χ0) is 14.8. The van der Waals surface area contributed by atoms with Crippen LogP contribution in [0, 0.1) is 25.2 Å². The van der Waals surface area contributed by atoms with Gasteiger partial charge >= 0.3 is 0 Å². The standard InChI is InChI=1S/C18H15N3/c1-12-8-16-17(9-13(12)2)21-18(20-16)15(11-19)10-14-6-4-3-5-7-14/h3-10H,1-2H3,(H,20,21)/b15-10+.